The van der Waals surface area contributed by atoms with E-state index in [1.54, 1.807) is 20.3 Å². The van der Waals surface area contributed by atoms with Crippen LogP contribution in [0.1, 0.15) is 35.9 Å². The molecule has 0 bridgehead atoms. The quantitative estimate of drug-likeness (QED) is 0.446. The molecule has 3 aliphatic rings. The number of fused-ring (bicyclic) bond motifs is 2. The van der Waals surface area contributed by atoms with Crippen LogP contribution in [-0.2, 0) is 4.79 Å². The Morgan fingerprint density at radius 3 is 2.44 bits per heavy atom. The molecule has 0 unspecified atom stereocenters. The zero-order valence-corrected chi connectivity index (χ0v) is 20.6. The van der Waals surface area contributed by atoms with Gasteiger partial charge in [-0.15, -0.1) is 0 Å². The van der Waals surface area contributed by atoms with Gasteiger partial charge >= 0.3 is 0 Å². The summed E-state index contributed by atoms with van der Waals surface area (Å²) in [5, 5.41) is 7.63. The summed E-state index contributed by atoms with van der Waals surface area (Å²) in [4.78, 5) is 13.8. The monoisotopic (exact) mass is 504 g/mol. The maximum Gasteiger partial charge on any atom is 0.231 e. The van der Waals surface area contributed by atoms with E-state index in [1.807, 2.05) is 48.5 Å². The number of ether oxygens (including phenoxy) is 4. The van der Waals surface area contributed by atoms with Crippen molar-refractivity contribution in [2.24, 2.45) is 0 Å². The summed E-state index contributed by atoms with van der Waals surface area (Å²) >= 11 is 6.73. The number of anilines is 2. The Bertz CT molecular complexity index is 1400. The standard InChI is InChI=1S/C28H25ClN2O5/c1-33-23-8-7-15(11-24(23)34-2)16-9-21-27(22(32)10-16)28(31-20-6-4-3-5-19(20)30-21)17-12-25-26(13-18(17)29)36-14-35-25/h3-8,11-13,16,28,30-31H,9-10,14H2,1-2H3/t16-,28+/m1/s1. The largest absolute Gasteiger partial charge is 0.493 e. The Morgan fingerprint density at radius 2 is 1.67 bits per heavy atom. The van der Waals surface area contributed by atoms with Crippen molar-refractivity contribution in [2.45, 2.75) is 24.8 Å². The molecule has 1 aliphatic carbocycles. The molecule has 2 aliphatic heterocycles. The van der Waals surface area contributed by atoms with Crippen LogP contribution < -0.4 is 29.6 Å². The summed E-state index contributed by atoms with van der Waals surface area (Å²) in [7, 11) is 3.23. The lowest BCUT2D eigenvalue weighted by atomic mass is 9.78. The van der Waals surface area contributed by atoms with Crippen LogP contribution >= 0.6 is 11.6 Å². The number of Topliss-reactive ketones (excluding diaryl/α,β-unsaturated/α-hetero) is 1. The zero-order chi connectivity index (χ0) is 24.8. The van der Waals surface area contributed by atoms with Gasteiger partial charge in [-0.2, -0.15) is 0 Å². The van der Waals surface area contributed by atoms with Crippen LogP contribution in [0, 0.1) is 0 Å². The minimum absolute atomic E-state index is 0.0123. The van der Waals surface area contributed by atoms with Crippen molar-refractivity contribution in [3.05, 3.63) is 82.0 Å². The molecule has 2 N–H and O–H groups in total. The lowest BCUT2D eigenvalue weighted by Crippen LogP contribution is -2.27. The summed E-state index contributed by atoms with van der Waals surface area (Å²) in [5.74, 6) is 2.58. The number of methoxy groups -OCH3 is 2. The Balaban J connectivity index is 1.45. The van der Waals surface area contributed by atoms with Crippen molar-refractivity contribution in [1.82, 2.24) is 0 Å². The molecule has 2 atom stereocenters. The molecule has 8 heteroatoms. The molecule has 184 valence electrons. The first-order valence-electron chi connectivity index (χ1n) is 11.8. The maximum atomic E-state index is 13.8. The molecule has 2 heterocycles. The van der Waals surface area contributed by atoms with Crippen LogP contribution in [0.2, 0.25) is 5.02 Å². The summed E-state index contributed by atoms with van der Waals surface area (Å²) in [6.45, 7) is 0.150. The topological polar surface area (TPSA) is 78.1 Å². The summed E-state index contributed by atoms with van der Waals surface area (Å²) < 4.78 is 22.0. The van der Waals surface area contributed by atoms with Crippen LogP contribution in [0.15, 0.2) is 65.9 Å². The third kappa shape index (κ3) is 3.80. The Labute approximate surface area is 214 Å². The molecule has 0 aromatic heterocycles. The number of hydrogen-bond donors (Lipinski definition) is 2. The Kier molecular flexibility index (Phi) is 5.64. The number of carbonyl (C=O) groups excluding carboxylic acids is 1. The highest BCUT2D eigenvalue weighted by Crippen LogP contribution is 2.48. The van der Waals surface area contributed by atoms with Crippen LogP contribution in [0.25, 0.3) is 0 Å². The minimum atomic E-state index is -0.447. The van der Waals surface area contributed by atoms with Gasteiger partial charge in [-0.05, 0) is 48.2 Å². The van der Waals surface area contributed by atoms with Crippen LogP contribution in [0.3, 0.4) is 0 Å². The van der Waals surface area contributed by atoms with Gasteiger partial charge in [0, 0.05) is 29.3 Å². The third-order valence-corrected chi connectivity index (χ3v) is 7.32. The van der Waals surface area contributed by atoms with Crippen molar-refractivity contribution in [1.29, 1.82) is 0 Å². The Morgan fingerprint density at radius 1 is 0.917 bits per heavy atom. The second-order valence-corrected chi connectivity index (χ2v) is 9.42. The molecule has 0 fully saturated rings. The van der Waals surface area contributed by atoms with Crippen LogP contribution in [0.5, 0.6) is 23.0 Å². The zero-order valence-electron chi connectivity index (χ0n) is 19.9. The summed E-state index contributed by atoms with van der Waals surface area (Å²) in [6, 6.07) is 16.9. The summed E-state index contributed by atoms with van der Waals surface area (Å²) in [5.41, 5.74) is 5.15. The van der Waals surface area contributed by atoms with Crippen molar-refractivity contribution in [3.63, 3.8) is 0 Å². The van der Waals surface area contributed by atoms with Crippen molar-refractivity contribution in [2.75, 3.05) is 31.6 Å². The van der Waals surface area contributed by atoms with Gasteiger partial charge in [0.05, 0.1) is 36.7 Å². The first kappa shape index (κ1) is 22.6. The molecular formula is C28H25ClN2O5. The van der Waals surface area contributed by atoms with E-state index >= 15 is 0 Å². The number of para-hydroxylation sites is 2. The number of ketones is 1. The van der Waals surface area contributed by atoms with E-state index in [9.17, 15) is 4.79 Å². The fourth-order valence-electron chi connectivity index (χ4n) is 5.22. The lowest BCUT2D eigenvalue weighted by molar-refractivity contribution is -0.116. The van der Waals surface area contributed by atoms with Gasteiger partial charge in [-0.1, -0.05) is 29.8 Å². The fraction of sp³-hybridized carbons (Fsp3) is 0.250. The second kappa shape index (κ2) is 8.99. The molecular weight excluding hydrogens is 480 g/mol. The smallest absolute Gasteiger partial charge is 0.231 e. The number of benzene rings is 3. The van der Waals surface area contributed by atoms with Crippen molar-refractivity contribution in [3.8, 4) is 23.0 Å². The van der Waals surface area contributed by atoms with Gasteiger partial charge < -0.3 is 29.6 Å². The van der Waals surface area contributed by atoms with E-state index in [0.717, 1.165) is 28.2 Å². The first-order valence-corrected chi connectivity index (χ1v) is 12.1. The first-order chi connectivity index (χ1) is 17.6. The highest BCUT2D eigenvalue weighted by Gasteiger charge is 2.37. The number of carbonyl (C=O) groups is 1. The number of nitrogens with one attached hydrogen (secondary N) is 2. The molecule has 7 nitrogen and oxygen atoms in total. The number of allylic oxidation sites excluding steroid dienone is 1. The van der Waals surface area contributed by atoms with E-state index < -0.39 is 6.04 Å². The van der Waals surface area contributed by atoms with E-state index in [4.69, 9.17) is 30.5 Å². The van der Waals surface area contributed by atoms with E-state index in [2.05, 4.69) is 10.6 Å². The molecule has 3 aromatic carbocycles. The molecule has 3 aromatic rings. The normalized spacial score (nSPS) is 20.0. The average molecular weight is 505 g/mol. The third-order valence-electron chi connectivity index (χ3n) is 6.99. The van der Waals surface area contributed by atoms with Gasteiger partial charge in [0.2, 0.25) is 6.79 Å². The highest BCUT2D eigenvalue weighted by atomic mass is 35.5. The highest BCUT2D eigenvalue weighted by molar-refractivity contribution is 6.31. The molecule has 0 saturated heterocycles. The van der Waals surface area contributed by atoms with E-state index in [-0.39, 0.29) is 18.5 Å². The predicted octanol–water partition coefficient (Wildman–Crippen LogP) is 6.07. The number of rotatable bonds is 4. The molecule has 0 amide bonds. The number of hydrogen-bond acceptors (Lipinski definition) is 7. The second-order valence-electron chi connectivity index (χ2n) is 9.01. The average Bonchev–Trinajstić information content (AvgIpc) is 3.27. The SMILES string of the molecule is COc1ccc([C@H]2CC(=O)C3=C(C2)Nc2ccccc2N[C@H]3c2cc3c(cc2Cl)OCO3)cc1OC. The van der Waals surface area contributed by atoms with Gasteiger partial charge in [-0.25, -0.2) is 0 Å². The van der Waals surface area contributed by atoms with Crippen LogP contribution in [0.4, 0.5) is 11.4 Å². The maximum absolute atomic E-state index is 13.8. The van der Waals surface area contributed by atoms with Crippen LogP contribution in [-0.4, -0.2) is 26.8 Å². The van der Waals surface area contributed by atoms with Gasteiger partial charge in [0.15, 0.2) is 28.8 Å². The molecule has 0 radical (unpaired) electrons. The molecule has 6 rings (SSSR count). The molecule has 0 spiro atoms. The molecule has 0 saturated carbocycles. The van der Waals surface area contributed by atoms with Gasteiger partial charge in [-0.3, -0.25) is 4.79 Å². The van der Waals surface area contributed by atoms with Gasteiger partial charge in [0.25, 0.3) is 0 Å². The summed E-state index contributed by atoms with van der Waals surface area (Å²) in [6.07, 6.45) is 1.03. The van der Waals surface area contributed by atoms with Crippen molar-refractivity contribution < 1.29 is 23.7 Å². The predicted molar refractivity (Wildman–Crippen MR) is 138 cm³/mol. The number of halogens is 1. The van der Waals surface area contributed by atoms with E-state index in [0.29, 0.717) is 46.4 Å². The lowest BCUT2D eigenvalue weighted by Gasteiger charge is -2.30. The Hall–Kier alpha value is -3.84. The van der Waals surface area contributed by atoms with Gasteiger partial charge in [0.1, 0.15) is 0 Å². The van der Waals surface area contributed by atoms with E-state index in [1.165, 1.54) is 0 Å². The minimum Gasteiger partial charge on any atom is -0.493 e. The fourth-order valence-corrected chi connectivity index (χ4v) is 5.48. The molecule has 36 heavy (non-hydrogen) atoms. The van der Waals surface area contributed by atoms with Crippen molar-refractivity contribution >= 4 is 28.8 Å².